The summed E-state index contributed by atoms with van der Waals surface area (Å²) in [6.07, 6.45) is 2.35. The van der Waals surface area contributed by atoms with Crippen molar-refractivity contribution in [3.8, 4) is 11.5 Å². The van der Waals surface area contributed by atoms with Gasteiger partial charge in [0, 0.05) is 5.54 Å². The molecule has 0 radical (unpaired) electrons. The predicted molar refractivity (Wildman–Crippen MR) is 58.9 cm³/mol. The van der Waals surface area contributed by atoms with E-state index in [9.17, 15) is 4.79 Å². The van der Waals surface area contributed by atoms with Crippen LogP contribution in [0.4, 0.5) is 0 Å². The van der Waals surface area contributed by atoms with Crippen LogP contribution in [0, 0.1) is 0 Å². The first-order valence-corrected chi connectivity index (χ1v) is 4.77. The van der Waals surface area contributed by atoms with Gasteiger partial charge in [-0.25, -0.2) is 0 Å². The Bertz CT molecular complexity index is 361. The third kappa shape index (κ3) is 2.99. The summed E-state index contributed by atoms with van der Waals surface area (Å²) in [4.78, 5) is 10.7. The van der Waals surface area contributed by atoms with Gasteiger partial charge in [0.2, 0.25) is 0 Å². The summed E-state index contributed by atoms with van der Waals surface area (Å²) >= 11 is 5.35. The van der Waals surface area contributed by atoms with Crippen molar-refractivity contribution in [1.82, 2.24) is 0 Å². The Balaban J connectivity index is 2.94. The molecule has 0 atom stereocenters. The second-order valence-corrected chi connectivity index (χ2v) is 2.92. The number of rotatable bonds is 5. The van der Waals surface area contributed by atoms with Crippen LogP contribution in [0.2, 0.25) is 0 Å². The smallest absolute Gasteiger partial charge is 0.172 e. The molecule has 0 saturated heterocycles. The molecule has 15 heavy (non-hydrogen) atoms. The number of aldehydes is 1. The standard InChI is InChI=1S/C11H11ClO3/c1-14-10-5-2-4-9(8-13)11(10)15-7-3-6-12/h2-6,8H,7H2,1H3/b6-3+. The van der Waals surface area contributed by atoms with E-state index in [0.717, 1.165) is 6.29 Å². The Morgan fingerprint density at radius 3 is 2.87 bits per heavy atom. The third-order valence-electron chi connectivity index (χ3n) is 1.77. The van der Waals surface area contributed by atoms with E-state index < -0.39 is 0 Å². The van der Waals surface area contributed by atoms with Crippen LogP contribution >= 0.6 is 11.6 Å². The molecular formula is C11H11ClO3. The van der Waals surface area contributed by atoms with Crippen molar-refractivity contribution >= 4 is 17.9 Å². The molecule has 0 bridgehead atoms. The van der Waals surface area contributed by atoms with Gasteiger partial charge in [0.05, 0.1) is 12.7 Å². The van der Waals surface area contributed by atoms with E-state index >= 15 is 0 Å². The average molecular weight is 227 g/mol. The van der Waals surface area contributed by atoms with Crippen molar-refractivity contribution in [1.29, 1.82) is 0 Å². The number of carbonyl (C=O) groups is 1. The van der Waals surface area contributed by atoms with Crippen LogP contribution in [0.1, 0.15) is 10.4 Å². The van der Waals surface area contributed by atoms with Crippen molar-refractivity contribution in [2.45, 2.75) is 0 Å². The number of halogens is 1. The van der Waals surface area contributed by atoms with E-state index in [4.69, 9.17) is 21.1 Å². The van der Waals surface area contributed by atoms with E-state index in [1.807, 2.05) is 0 Å². The zero-order valence-electron chi connectivity index (χ0n) is 8.27. The lowest BCUT2D eigenvalue weighted by Gasteiger charge is -2.10. The Morgan fingerprint density at radius 1 is 1.47 bits per heavy atom. The summed E-state index contributed by atoms with van der Waals surface area (Å²) in [5.41, 5.74) is 1.81. The van der Waals surface area contributed by atoms with E-state index in [-0.39, 0.29) is 0 Å². The first-order chi connectivity index (χ1) is 7.33. The fraction of sp³-hybridized carbons (Fsp3) is 0.182. The lowest BCUT2D eigenvalue weighted by atomic mass is 10.2. The highest BCUT2D eigenvalue weighted by Gasteiger charge is 2.08. The molecule has 1 rings (SSSR count). The van der Waals surface area contributed by atoms with Gasteiger partial charge in [-0.05, 0) is 18.2 Å². The zero-order valence-corrected chi connectivity index (χ0v) is 9.03. The summed E-state index contributed by atoms with van der Waals surface area (Å²) in [7, 11) is 1.52. The van der Waals surface area contributed by atoms with Crippen molar-refractivity contribution in [2.24, 2.45) is 0 Å². The van der Waals surface area contributed by atoms with Gasteiger partial charge in [0.25, 0.3) is 0 Å². The molecule has 1 aromatic carbocycles. The zero-order chi connectivity index (χ0) is 11.1. The first kappa shape index (κ1) is 11.6. The van der Waals surface area contributed by atoms with Crippen molar-refractivity contribution in [3.05, 3.63) is 35.4 Å². The Kier molecular flexibility index (Phi) is 4.71. The molecule has 0 saturated carbocycles. The molecule has 0 aromatic heterocycles. The second-order valence-electron chi connectivity index (χ2n) is 2.67. The number of benzene rings is 1. The molecule has 80 valence electrons. The Hall–Kier alpha value is -1.48. The van der Waals surface area contributed by atoms with Crippen LogP contribution in [0.5, 0.6) is 11.5 Å². The second kappa shape index (κ2) is 6.09. The first-order valence-electron chi connectivity index (χ1n) is 4.33. The lowest BCUT2D eigenvalue weighted by molar-refractivity contribution is 0.111. The van der Waals surface area contributed by atoms with Gasteiger partial charge in [0.15, 0.2) is 17.8 Å². The highest BCUT2D eigenvalue weighted by molar-refractivity contribution is 6.25. The highest BCUT2D eigenvalue weighted by atomic mass is 35.5. The number of ether oxygens (including phenoxy) is 2. The van der Waals surface area contributed by atoms with Gasteiger partial charge in [0.1, 0.15) is 6.61 Å². The Morgan fingerprint density at radius 2 is 2.27 bits per heavy atom. The molecule has 0 unspecified atom stereocenters. The lowest BCUT2D eigenvalue weighted by Crippen LogP contribution is -1.99. The summed E-state index contributed by atoms with van der Waals surface area (Å²) < 4.78 is 10.4. The predicted octanol–water partition coefficient (Wildman–Crippen LogP) is 2.64. The minimum Gasteiger partial charge on any atom is -0.493 e. The van der Waals surface area contributed by atoms with Crippen LogP contribution in [0.3, 0.4) is 0 Å². The minimum atomic E-state index is 0.296. The van der Waals surface area contributed by atoms with Gasteiger partial charge in [-0.2, -0.15) is 0 Å². The van der Waals surface area contributed by atoms with Crippen molar-refractivity contribution in [2.75, 3.05) is 13.7 Å². The number of hydrogen-bond acceptors (Lipinski definition) is 3. The summed E-state index contributed by atoms with van der Waals surface area (Å²) in [5, 5.41) is 0. The molecule has 4 heteroatoms. The summed E-state index contributed by atoms with van der Waals surface area (Å²) in [6, 6.07) is 5.12. The number of methoxy groups -OCH3 is 1. The molecule has 0 spiro atoms. The van der Waals surface area contributed by atoms with E-state index in [1.165, 1.54) is 12.6 Å². The molecular weight excluding hydrogens is 216 g/mol. The fourth-order valence-corrected chi connectivity index (χ4v) is 1.18. The molecule has 0 N–H and O–H groups in total. The minimum absolute atomic E-state index is 0.296. The van der Waals surface area contributed by atoms with Crippen LogP contribution < -0.4 is 9.47 Å². The normalized spacial score (nSPS) is 10.3. The maximum absolute atomic E-state index is 10.7. The maximum Gasteiger partial charge on any atom is 0.172 e. The summed E-state index contributed by atoms with van der Waals surface area (Å²) in [5.74, 6) is 0.965. The quantitative estimate of drug-likeness (QED) is 0.724. The monoisotopic (exact) mass is 226 g/mol. The molecule has 0 fully saturated rings. The molecule has 0 aliphatic carbocycles. The molecule has 0 aliphatic rings. The van der Waals surface area contributed by atoms with Gasteiger partial charge in [-0.3, -0.25) is 4.79 Å². The van der Waals surface area contributed by atoms with Crippen LogP contribution in [0.25, 0.3) is 0 Å². The van der Waals surface area contributed by atoms with E-state index in [1.54, 1.807) is 24.3 Å². The molecule has 0 heterocycles. The maximum atomic E-state index is 10.7. The van der Waals surface area contributed by atoms with Gasteiger partial charge >= 0.3 is 0 Å². The Labute approximate surface area is 93.3 Å². The van der Waals surface area contributed by atoms with Crippen LogP contribution in [0.15, 0.2) is 29.8 Å². The highest BCUT2D eigenvalue weighted by Crippen LogP contribution is 2.29. The van der Waals surface area contributed by atoms with Gasteiger partial charge in [-0.15, -0.1) is 0 Å². The van der Waals surface area contributed by atoms with E-state index in [2.05, 4.69) is 0 Å². The average Bonchev–Trinajstić information content (AvgIpc) is 2.29. The molecule has 0 amide bonds. The molecule has 1 aromatic rings. The fourth-order valence-electron chi connectivity index (χ4n) is 1.11. The van der Waals surface area contributed by atoms with Crippen LogP contribution in [-0.4, -0.2) is 20.0 Å². The van der Waals surface area contributed by atoms with Crippen molar-refractivity contribution < 1.29 is 14.3 Å². The van der Waals surface area contributed by atoms with Crippen molar-refractivity contribution in [3.63, 3.8) is 0 Å². The largest absolute Gasteiger partial charge is 0.493 e. The molecule has 0 aliphatic heterocycles. The number of para-hydroxylation sites is 1. The van der Waals surface area contributed by atoms with E-state index in [0.29, 0.717) is 23.7 Å². The number of carbonyl (C=O) groups excluding carboxylic acids is 1. The van der Waals surface area contributed by atoms with Gasteiger partial charge < -0.3 is 9.47 Å². The SMILES string of the molecule is COc1cccc(C=O)c1OC/C=C/Cl. The summed E-state index contributed by atoms with van der Waals surface area (Å²) in [6.45, 7) is 0.296. The number of hydrogen-bond donors (Lipinski definition) is 0. The third-order valence-corrected chi connectivity index (χ3v) is 1.95. The van der Waals surface area contributed by atoms with Crippen LogP contribution in [-0.2, 0) is 0 Å². The topological polar surface area (TPSA) is 35.5 Å². The molecule has 3 nitrogen and oxygen atoms in total. The van der Waals surface area contributed by atoms with Gasteiger partial charge in [-0.1, -0.05) is 17.7 Å².